The van der Waals surface area contributed by atoms with Crippen molar-refractivity contribution in [3.05, 3.63) is 59.1 Å². The molecule has 0 aromatic heterocycles. The molecule has 0 radical (unpaired) electrons. The fraction of sp³-hybridized carbons (Fsp3) is 0.435. The summed E-state index contributed by atoms with van der Waals surface area (Å²) in [6.45, 7) is 5.99. The van der Waals surface area contributed by atoms with Gasteiger partial charge in [0.1, 0.15) is 5.75 Å². The van der Waals surface area contributed by atoms with Gasteiger partial charge in [0.25, 0.3) is 5.91 Å². The number of benzene rings is 2. The number of carbonyl (C=O) groups is 1. The number of methoxy groups -OCH3 is 1. The topological polar surface area (TPSA) is 44.8 Å². The summed E-state index contributed by atoms with van der Waals surface area (Å²) in [6.07, 6.45) is 3.20. The predicted octanol–water partition coefficient (Wildman–Crippen LogP) is 4.07. The molecule has 1 amide bonds. The van der Waals surface area contributed by atoms with Crippen LogP contribution in [0.5, 0.6) is 5.75 Å². The summed E-state index contributed by atoms with van der Waals surface area (Å²) < 4.78 is 5.52. The summed E-state index contributed by atoms with van der Waals surface area (Å²) in [5.41, 5.74) is 1.83. The van der Waals surface area contributed by atoms with Gasteiger partial charge in [0.05, 0.1) is 12.8 Å². The second-order valence-corrected chi connectivity index (χ2v) is 7.76. The van der Waals surface area contributed by atoms with Crippen LogP contribution in [0.15, 0.2) is 48.5 Å². The Morgan fingerprint density at radius 1 is 1.03 bits per heavy atom. The van der Waals surface area contributed by atoms with Crippen molar-refractivity contribution in [2.45, 2.75) is 19.3 Å². The molecule has 29 heavy (non-hydrogen) atoms. The maximum absolute atomic E-state index is 12.1. The molecule has 2 aromatic carbocycles. The zero-order chi connectivity index (χ0) is 20.5. The Labute approximate surface area is 178 Å². The number of nitrogens with one attached hydrogen (secondary N) is 1. The third kappa shape index (κ3) is 6.38. The van der Waals surface area contributed by atoms with E-state index in [1.54, 1.807) is 31.4 Å². The SMILES string of the molecule is COc1ccccc1N1CCCN(CCCCNC(=O)c2ccc(Cl)cc2)CC1. The van der Waals surface area contributed by atoms with E-state index >= 15 is 0 Å². The third-order valence-electron chi connectivity index (χ3n) is 5.31. The van der Waals surface area contributed by atoms with Gasteiger partial charge in [-0.3, -0.25) is 4.79 Å². The summed E-state index contributed by atoms with van der Waals surface area (Å²) >= 11 is 5.86. The third-order valence-corrected chi connectivity index (χ3v) is 5.56. The molecule has 0 atom stereocenters. The summed E-state index contributed by atoms with van der Waals surface area (Å²) in [6, 6.07) is 15.2. The van der Waals surface area contributed by atoms with E-state index in [9.17, 15) is 4.79 Å². The zero-order valence-corrected chi connectivity index (χ0v) is 17.8. The predicted molar refractivity (Wildman–Crippen MR) is 119 cm³/mol. The Kier molecular flexibility index (Phi) is 8.20. The van der Waals surface area contributed by atoms with Gasteiger partial charge in [0, 0.05) is 36.8 Å². The van der Waals surface area contributed by atoms with E-state index in [1.165, 1.54) is 5.69 Å². The number of nitrogens with zero attached hydrogens (tertiary/aromatic N) is 2. The van der Waals surface area contributed by atoms with Crippen LogP contribution < -0.4 is 15.0 Å². The Morgan fingerprint density at radius 2 is 1.83 bits per heavy atom. The van der Waals surface area contributed by atoms with E-state index in [0.717, 1.165) is 57.7 Å². The number of unbranched alkanes of at least 4 members (excludes halogenated alkanes) is 1. The van der Waals surface area contributed by atoms with Gasteiger partial charge in [0.2, 0.25) is 0 Å². The van der Waals surface area contributed by atoms with E-state index in [-0.39, 0.29) is 5.91 Å². The average Bonchev–Trinajstić information content (AvgIpc) is 2.99. The van der Waals surface area contributed by atoms with Gasteiger partial charge in [-0.1, -0.05) is 23.7 Å². The van der Waals surface area contributed by atoms with Crippen molar-refractivity contribution >= 4 is 23.2 Å². The van der Waals surface area contributed by atoms with Crippen molar-refractivity contribution in [2.75, 3.05) is 51.3 Å². The van der Waals surface area contributed by atoms with Crippen molar-refractivity contribution in [1.29, 1.82) is 0 Å². The van der Waals surface area contributed by atoms with Crippen molar-refractivity contribution in [3.8, 4) is 5.75 Å². The van der Waals surface area contributed by atoms with Crippen LogP contribution in [0.4, 0.5) is 5.69 Å². The number of para-hydroxylation sites is 2. The maximum atomic E-state index is 12.1. The molecule has 3 rings (SSSR count). The summed E-state index contributed by atoms with van der Waals surface area (Å²) in [4.78, 5) is 17.1. The molecule has 1 N–H and O–H groups in total. The Hall–Kier alpha value is -2.24. The molecule has 5 nitrogen and oxygen atoms in total. The number of hydrogen-bond donors (Lipinski definition) is 1. The van der Waals surface area contributed by atoms with Crippen molar-refractivity contribution in [2.24, 2.45) is 0 Å². The van der Waals surface area contributed by atoms with Crippen LogP contribution in [0, 0.1) is 0 Å². The quantitative estimate of drug-likeness (QED) is 0.660. The van der Waals surface area contributed by atoms with Crippen LogP contribution in [-0.2, 0) is 0 Å². The molecule has 2 aromatic rings. The molecule has 1 aliphatic heterocycles. The fourth-order valence-electron chi connectivity index (χ4n) is 3.69. The van der Waals surface area contributed by atoms with E-state index in [4.69, 9.17) is 16.3 Å². The summed E-state index contributed by atoms with van der Waals surface area (Å²) in [7, 11) is 1.73. The molecule has 1 heterocycles. The molecule has 0 unspecified atom stereocenters. The van der Waals surface area contributed by atoms with Gasteiger partial charge < -0.3 is 19.9 Å². The van der Waals surface area contributed by atoms with Crippen LogP contribution >= 0.6 is 11.6 Å². The number of rotatable bonds is 8. The lowest BCUT2D eigenvalue weighted by Gasteiger charge is -2.25. The smallest absolute Gasteiger partial charge is 0.251 e. The first-order chi connectivity index (χ1) is 14.2. The molecular formula is C23H30ClN3O2. The lowest BCUT2D eigenvalue weighted by atomic mass is 10.2. The van der Waals surface area contributed by atoms with Gasteiger partial charge in [-0.25, -0.2) is 0 Å². The first-order valence-electron chi connectivity index (χ1n) is 10.3. The fourth-order valence-corrected chi connectivity index (χ4v) is 3.82. The van der Waals surface area contributed by atoms with Crippen LogP contribution in [0.25, 0.3) is 0 Å². The maximum Gasteiger partial charge on any atom is 0.251 e. The first-order valence-corrected chi connectivity index (χ1v) is 10.7. The van der Waals surface area contributed by atoms with Crippen molar-refractivity contribution in [3.63, 3.8) is 0 Å². The molecule has 1 aliphatic rings. The molecule has 156 valence electrons. The average molecular weight is 416 g/mol. The Balaban J connectivity index is 1.36. The standard InChI is InChI=1S/C23H30ClN3O2/c1-29-22-8-3-2-7-21(22)27-16-6-15-26(17-18-27)14-5-4-13-25-23(28)19-9-11-20(24)12-10-19/h2-3,7-12H,4-6,13-18H2,1H3,(H,25,28). The molecule has 6 heteroatoms. The van der Waals surface area contributed by atoms with Gasteiger partial charge in [0.15, 0.2) is 0 Å². The summed E-state index contributed by atoms with van der Waals surface area (Å²) in [5, 5.41) is 3.63. The van der Waals surface area contributed by atoms with Crippen LogP contribution in [0.3, 0.4) is 0 Å². The largest absolute Gasteiger partial charge is 0.495 e. The van der Waals surface area contributed by atoms with E-state index in [0.29, 0.717) is 17.1 Å². The number of carbonyl (C=O) groups excluding carboxylic acids is 1. The highest BCUT2D eigenvalue weighted by molar-refractivity contribution is 6.30. The molecular weight excluding hydrogens is 386 g/mol. The minimum absolute atomic E-state index is 0.0381. The number of anilines is 1. The Morgan fingerprint density at radius 3 is 2.62 bits per heavy atom. The Bertz CT molecular complexity index is 782. The highest BCUT2D eigenvalue weighted by Gasteiger charge is 2.17. The normalized spacial score (nSPS) is 15.0. The second-order valence-electron chi connectivity index (χ2n) is 7.32. The minimum atomic E-state index is -0.0381. The van der Waals surface area contributed by atoms with Gasteiger partial charge >= 0.3 is 0 Å². The molecule has 0 spiro atoms. The number of amides is 1. The number of halogens is 1. The minimum Gasteiger partial charge on any atom is -0.495 e. The molecule has 0 saturated carbocycles. The molecule has 1 fully saturated rings. The molecule has 0 bridgehead atoms. The van der Waals surface area contributed by atoms with Gasteiger partial charge in [-0.15, -0.1) is 0 Å². The van der Waals surface area contributed by atoms with Crippen LogP contribution in [0.1, 0.15) is 29.6 Å². The lowest BCUT2D eigenvalue weighted by molar-refractivity contribution is 0.0952. The highest BCUT2D eigenvalue weighted by Crippen LogP contribution is 2.28. The van der Waals surface area contributed by atoms with Crippen LogP contribution in [0.2, 0.25) is 5.02 Å². The number of hydrogen-bond acceptors (Lipinski definition) is 4. The van der Waals surface area contributed by atoms with Crippen molar-refractivity contribution in [1.82, 2.24) is 10.2 Å². The van der Waals surface area contributed by atoms with Gasteiger partial charge in [-0.05, 0) is 68.8 Å². The van der Waals surface area contributed by atoms with Crippen molar-refractivity contribution < 1.29 is 9.53 Å². The highest BCUT2D eigenvalue weighted by atomic mass is 35.5. The second kappa shape index (κ2) is 11.1. The van der Waals surface area contributed by atoms with Gasteiger partial charge in [-0.2, -0.15) is 0 Å². The zero-order valence-electron chi connectivity index (χ0n) is 17.1. The van der Waals surface area contributed by atoms with E-state index in [2.05, 4.69) is 27.2 Å². The number of ether oxygens (including phenoxy) is 1. The summed E-state index contributed by atoms with van der Waals surface area (Å²) in [5.74, 6) is 0.904. The lowest BCUT2D eigenvalue weighted by Crippen LogP contribution is -2.32. The van der Waals surface area contributed by atoms with E-state index < -0.39 is 0 Å². The molecule has 1 saturated heterocycles. The monoisotopic (exact) mass is 415 g/mol. The first kappa shape index (κ1) is 21.5. The van der Waals surface area contributed by atoms with Crippen LogP contribution in [-0.4, -0.2) is 57.2 Å². The molecule has 0 aliphatic carbocycles. The van der Waals surface area contributed by atoms with E-state index in [1.807, 2.05) is 12.1 Å².